The highest BCUT2D eigenvalue weighted by Gasteiger charge is 2.23. The summed E-state index contributed by atoms with van der Waals surface area (Å²) in [5, 5.41) is 11.4. The monoisotopic (exact) mass is 399 g/mol. The molecule has 1 heterocycles. The highest BCUT2D eigenvalue weighted by molar-refractivity contribution is 6.30. The minimum absolute atomic E-state index is 0.0241. The van der Waals surface area contributed by atoms with Gasteiger partial charge in [-0.25, -0.2) is 0 Å². The van der Waals surface area contributed by atoms with Crippen LogP contribution in [0.2, 0.25) is 5.02 Å². The fraction of sp³-hybridized carbons (Fsp3) is 0.200. The Kier molecular flexibility index (Phi) is 6.06. The van der Waals surface area contributed by atoms with Crippen molar-refractivity contribution in [3.05, 3.63) is 80.9 Å². The van der Waals surface area contributed by atoms with E-state index in [1.807, 2.05) is 0 Å². The van der Waals surface area contributed by atoms with Crippen LogP contribution in [0.5, 0.6) is 0 Å². The smallest absolute Gasteiger partial charge is 0.270 e. The van der Waals surface area contributed by atoms with Crippen molar-refractivity contribution in [3.63, 3.8) is 0 Å². The van der Waals surface area contributed by atoms with Crippen molar-refractivity contribution in [2.24, 2.45) is 0 Å². The first-order chi connectivity index (χ1) is 13.4. The Balaban J connectivity index is 1.56. The first-order valence-electron chi connectivity index (χ1n) is 8.70. The van der Waals surface area contributed by atoms with Gasteiger partial charge in [-0.2, -0.15) is 0 Å². The van der Waals surface area contributed by atoms with E-state index in [9.17, 15) is 19.7 Å². The number of rotatable bonds is 4. The summed E-state index contributed by atoms with van der Waals surface area (Å²) in [7, 11) is 0. The highest BCUT2D eigenvalue weighted by Crippen LogP contribution is 2.15. The molecule has 0 unspecified atom stereocenters. The van der Waals surface area contributed by atoms with Crippen molar-refractivity contribution in [1.82, 2.24) is 9.80 Å². The number of non-ortho nitro benzene ring substituents is 1. The second kappa shape index (κ2) is 8.67. The molecule has 0 bridgehead atoms. The zero-order chi connectivity index (χ0) is 20.1. The predicted molar refractivity (Wildman–Crippen MR) is 106 cm³/mol. The number of nitro benzene ring substituents is 1. The van der Waals surface area contributed by atoms with Crippen LogP contribution in [-0.4, -0.2) is 52.7 Å². The summed E-state index contributed by atoms with van der Waals surface area (Å²) < 4.78 is 0. The molecule has 144 valence electrons. The van der Waals surface area contributed by atoms with Crippen LogP contribution >= 0.6 is 11.6 Å². The van der Waals surface area contributed by atoms with Crippen molar-refractivity contribution in [3.8, 4) is 0 Å². The molecule has 2 aromatic carbocycles. The third-order valence-electron chi connectivity index (χ3n) is 4.47. The van der Waals surface area contributed by atoms with E-state index in [0.29, 0.717) is 42.3 Å². The SMILES string of the molecule is O=C(/C=C/c1cccc([N+](=O)[O-])c1)N1CCN(C(=O)c2ccc(Cl)cc2)CC1. The molecular weight excluding hydrogens is 382 g/mol. The molecule has 0 radical (unpaired) electrons. The molecule has 3 rings (SSSR count). The topological polar surface area (TPSA) is 83.8 Å². The number of hydrogen-bond acceptors (Lipinski definition) is 4. The number of hydrogen-bond donors (Lipinski definition) is 0. The van der Waals surface area contributed by atoms with Crippen LogP contribution in [0.25, 0.3) is 6.08 Å². The van der Waals surface area contributed by atoms with Crippen molar-refractivity contribution in [2.45, 2.75) is 0 Å². The van der Waals surface area contributed by atoms with Crippen LogP contribution in [0.4, 0.5) is 5.69 Å². The number of halogens is 1. The van der Waals surface area contributed by atoms with E-state index >= 15 is 0 Å². The lowest BCUT2D eigenvalue weighted by molar-refractivity contribution is -0.384. The Labute approximate surface area is 167 Å². The third kappa shape index (κ3) is 4.75. The summed E-state index contributed by atoms with van der Waals surface area (Å²) in [6, 6.07) is 12.8. The van der Waals surface area contributed by atoms with Crippen molar-refractivity contribution < 1.29 is 14.5 Å². The van der Waals surface area contributed by atoms with Crippen LogP contribution in [0.15, 0.2) is 54.6 Å². The molecule has 0 aromatic heterocycles. The van der Waals surface area contributed by atoms with Gasteiger partial charge in [-0.1, -0.05) is 23.7 Å². The van der Waals surface area contributed by atoms with E-state index in [2.05, 4.69) is 0 Å². The molecule has 8 heteroatoms. The van der Waals surface area contributed by atoms with Crippen molar-refractivity contribution in [2.75, 3.05) is 26.2 Å². The van der Waals surface area contributed by atoms with Gasteiger partial charge in [-0.3, -0.25) is 19.7 Å². The number of benzene rings is 2. The summed E-state index contributed by atoms with van der Waals surface area (Å²) >= 11 is 5.85. The molecule has 1 saturated heterocycles. The molecule has 0 aliphatic carbocycles. The van der Waals surface area contributed by atoms with E-state index in [-0.39, 0.29) is 17.5 Å². The normalized spacial score (nSPS) is 14.3. The number of amides is 2. The van der Waals surface area contributed by atoms with E-state index < -0.39 is 4.92 Å². The number of nitrogens with zero attached hydrogens (tertiary/aromatic N) is 3. The lowest BCUT2D eigenvalue weighted by atomic mass is 10.1. The molecule has 0 saturated carbocycles. The van der Waals surface area contributed by atoms with Crippen LogP contribution in [-0.2, 0) is 4.79 Å². The quantitative estimate of drug-likeness (QED) is 0.449. The molecule has 0 spiro atoms. The molecular formula is C20H18ClN3O4. The van der Waals surface area contributed by atoms with Gasteiger partial charge in [-0.15, -0.1) is 0 Å². The van der Waals surface area contributed by atoms with Crippen molar-refractivity contribution >= 4 is 35.2 Å². The lowest BCUT2D eigenvalue weighted by Gasteiger charge is -2.34. The Morgan fingerprint density at radius 2 is 1.64 bits per heavy atom. The van der Waals surface area contributed by atoms with Gasteiger partial charge in [-0.05, 0) is 35.9 Å². The fourth-order valence-electron chi connectivity index (χ4n) is 2.92. The third-order valence-corrected chi connectivity index (χ3v) is 4.72. The summed E-state index contributed by atoms with van der Waals surface area (Å²) in [6.45, 7) is 1.74. The molecule has 2 aromatic rings. The van der Waals surface area contributed by atoms with Crippen LogP contribution in [0.3, 0.4) is 0 Å². The van der Waals surface area contributed by atoms with Crippen LogP contribution in [0, 0.1) is 10.1 Å². The minimum atomic E-state index is -0.476. The van der Waals surface area contributed by atoms with E-state index in [0.717, 1.165) is 0 Å². The number of nitro groups is 1. The number of piperazine rings is 1. The molecule has 7 nitrogen and oxygen atoms in total. The molecule has 1 fully saturated rings. The summed E-state index contributed by atoms with van der Waals surface area (Å²) in [5.41, 5.74) is 1.12. The van der Waals surface area contributed by atoms with Gasteiger partial charge in [0, 0.05) is 55.0 Å². The van der Waals surface area contributed by atoms with Gasteiger partial charge in [0.05, 0.1) is 4.92 Å². The van der Waals surface area contributed by atoms with Gasteiger partial charge in [0.1, 0.15) is 0 Å². The average Bonchev–Trinajstić information content (AvgIpc) is 2.72. The Hall–Kier alpha value is -3.19. The second-order valence-electron chi connectivity index (χ2n) is 6.31. The summed E-state index contributed by atoms with van der Waals surface area (Å²) in [4.78, 5) is 38.5. The molecule has 1 aliphatic rings. The maximum atomic E-state index is 12.5. The minimum Gasteiger partial charge on any atom is -0.336 e. The van der Waals surface area contributed by atoms with Gasteiger partial charge in [0.15, 0.2) is 0 Å². The zero-order valence-electron chi connectivity index (χ0n) is 15.0. The molecule has 1 aliphatic heterocycles. The average molecular weight is 400 g/mol. The summed E-state index contributed by atoms with van der Waals surface area (Å²) in [5.74, 6) is -0.277. The lowest BCUT2D eigenvalue weighted by Crippen LogP contribution is -2.50. The predicted octanol–water partition coefficient (Wildman–Crippen LogP) is 3.25. The summed E-state index contributed by atoms with van der Waals surface area (Å²) in [6.07, 6.45) is 2.95. The molecule has 2 amide bonds. The van der Waals surface area contributed by atoms with E-state index in [4.69, 9.17) is 11.6 Å². The van der Waals surface area contributed by atoms with Gasteiger partial charge < -0.3 is 9.80 Å². The molecule has 28 heavy (non-hydrogen) atoms. The molecule has 0 N–H and O–H groups in total. The maximum absolute atomic E-state index is 12.5. The van der Waals surface area contributed by atoms with E-state index in [1.165, 1.54) is 18.2 Å². The van der Waals surface area contributed by atoms with E-state index in [1.54, 1.807) is 52.3 Å². The number of carbonyl (C=O) groups excluding carboxylic acids is 2. The second-order valence-corrected chi connectivity index (χ2v) is 6.75. The zero-order valence-corrected chi connectivity index (χ0v) is 15.7. The van der Waals surface area contributed by atoms with Gasteiger partial charge in [0.25, 0.3) is 11.6 Å². The maximum Gasteiger partial charge on any atom is 0.270 e. The van der Waals surface area contributed by atoms with Crippen LogP contribution < -0.4 is 0 Å². The van der Waals surface area contributed by atoms with Gasteiger partial charge in [0.2, 0.25) is 5.91 Å². The van der Waals surface area contributed by atoms with Gasteiger partial charge >= 0.3 is 0 Å². The Morgan fingerprint density at radius 1 is 1.00 bits per heavy atom. The Morgan fingerprint density at radius 3 is 2.29 bits per heavy atom. The Bertz CT molecular complexity index is 919. The fourth-order valence-corrected chi connectivity index (χ4v) is 3.05. The standard InChI is InChI=1S/C20H18ClN3O4/c21-17-7-5-16(6-8-17)20(26)23-12-10-22(11-13-23)19(25)9-4-15-2-1-3-18(14-15)24(27)28/h1-9,14H,10-13H2/b9-4+. The largest absolute Gasteiger partial charge is 0.336 e. The van der Waals surface area contributed by atoms with Crippen molar-refractivity contribution in [1.29, 1.82) is 0 Å². The first-order valence-corrected chi connectivity index (χ1v) is 9.08. The molecule has 0 atom stereocenters. The number of carbonyl (C=O) groups is 2. The first kappa shape index (κ1) is 19.6. The van der Waals surface area contributed by atoms with Crippen LogP contribution in [0.1, 0.15) is 15.9 Å². The highest BCUT2D eigenvalue weighted by atomic mass is 35.5.